The van der Waals surface area contributed by atoms with Gasteiger partial charge in [-0.05, 0) is 36.8 Å². The van der Waals surface area contributed by atoms with E-state index in [1.54, 1.807) is 13.0 Å². The second-order valence-corrected chi connectivity index (χ2v) is 4.18. The molecule has 0 spiro atoms. The highest BCUT2D eigenvalue weighted by Gasteiger charge is 2.11. The number of anilines is 1. The molecule has 19 heavy (non-hydrogen) atoms. The van der Waals surface area contributed by atoms with E-state index in [-0.39, 0.29) is 22.7 Å². The molecule has 0 bridgehead atoms. The molecule has 0 saturated carbocycles. The smallest absolute Gasteiger partial charge is 0.256 e. The molecule has 0 aromatic heterocycles. The summed E-state index contributed by atoms with van der Waals surface area (Å²) in [6.07, 6.45) is 0. The topological polar surface area (TPSA) is 69.6 Å². The Bertz CT molecular complexity index is 620. The third kappa shape index (κ3) is 3.01. The van der Waals surface area contributed by atoms with Crippen LogP contribution in [-0.2, 0) is 0 Å². The molecule has 2 rings (SSSR count). The Morgan fingerprint density at radius 1 is 1.11 bits per heavy atom. The first-order chi connectivity index (χ1) is 8.95. The number of rotatable bonds is 2. The second-order valence-electron chi connectivity index (χ2n) is 4.18. The Kier molecular flexibility index (Phi) is 3.37. The maximum atomic E-state index is 13.5. The zero-order valence-corrected chi connectivity index (χ0v) is 10.1. The van der Waals surface area contributed by atoms with Gasteiger partial charge in [0, 0.05) is 11.6 Å². The van der Waals surface area contributed by atoms with Gasteiger partial charge in [0.1, 0.15) is 17.3 Å². The number of amides is 1. The highest BCUT2D eigenvalue weighted by atomic mass is 19.1. The van der Waals surface area contributed by atoms with Crippen LogP contribution in [-0.4, -0.2) is 16.1 Å². The standard InChI is InChI=1S/C14H12FNO3/c1-8-2-3-12(15)13(4-8)16-14(19)9-5-10(17)7-11(18)6-9/h2-7,17-18H,1H3,(H,16,19). The molecule has 0 heterocycles. The summed E-state index contributed by atoms with van der Waals surface area (Å²) >= 11 is 0. The molecule has 3 N–H and O–H groups in total. The molecule has 0 saturated heterocycles. The third-order valence-corrected chi connectivity index (χ3v) is 2.53. The van der Waals surface area contributed by atoms with Crippen molar-refractivity contribution in [3.8, 4) is 11.5 Å². The van der Waals surface area contributed by atoms with E-state index in [0.29, 0.717) is 0 Å². The summed E-state index contributed by atoms with van der Waals surface area (Å²) in [5, 5.41) is 21.0. The van der Waals surface area contributed by atoms with Gasteiger partial charge < -0.3 is 15.5 Å². The molecule has 1 amide bonds. The van der Waals surface area contributed by atoms with E-state index < -0.39 is 11.7 Å². The Morgan fingerprint density at radius 2 is 1.74 bits per heavy atom. The van der Waals surface area contributed by atoms with Gasteiger partial charge in [-0.25, -0.2) is 4.39 Å². The minimum Gasteiger partial charge on any atom is -0.508 e. The van der Waals surface area contributed by atoms with Crippen LogP contribution in [0.15, 0.2) is 36.4 Å². The molecule has 2 aromatic carbocycles. The Morgan fingerprint density at radius 3 is 2.37 bits per heavy atom. The SMILES string of the molecule is Cc1ccc(F)c(NC(=O)c2cc(O)cc(O)c2)c1. The van der Waals surface area contributed by atoms with E-state index >= 15 is 0 Å². The lowest BCUT2D eigenvalue weighted by atomic mass is 10.1. The summed E-state index contributed by atoms with van der Waals surface area (Å²) < 4.78 is 13.5. The van der Waals surface area contributed by atoms with Crippen LogP contribution in [0.2, 0.25) is 0 Å². The Balaban J connectivity index is 2.28. The zero-order valence-electron chi connectivity index (χ0n) is 10.1. The quantitative estimate of drug-likeness (QED) is 0.778. The van der Waals surface area contributed by atoms with Crippen LogP contribution in [0.1, 0.15) is 15.9 Å². The normalized spacial score (nSPS) is 10.2. The highest BCUT2D eigenvalue weighted by Crippen LogP contribution is 2.22. The van der Waals surface area contributed by atoms with Crippen molar-refractivity contribution in [3.63, 3.8) is 0 Å². The Labute approximate surface area is 109 Å². The molecule has 0 aliphatic carbocycles. The summed E-state index contributed by atoms with van der Waals surface area (Å²) in [4.78, 5) is 11.9. The van der Waals surface area contributed by atoms with Crippen molar-refractivity contribution in [1.29, 1.82) is 0 Å². The van der Waals surface area contributed by atoms with Gasteiger partial charge in [-0.3, -0.25) is 4.79 Å². The minimum atomic E-state index is -0.615. The number of phenols is 2. The number of carbonyl (C=O) groups excluding carboxylic acids is 1. The predicted octanol–water partition coefficient (Wildman–Crippen LogP) is 2.80. The minimum absolute atomic E-state index is 0.0402. The van der Waals surface area contributed by atoms with Crippen LogP contribution in [0.5, 0.6) is 11.5 Å². The van der Waals surface area contributed by atoms with Gasteiger partial charge >= 0.3 is 0 Å². The molecule has 0 atom stereocenters. The monoisotopic (exact) mass is 261 g/mol. The van der Waals surface area contributed by atoms with Gasteiger partial charge in [0.25, 0.3) is 5.91 Å². The van der Waals surface area contributed by atoms with Gasteiger partial charge in [-0.2, -0.15) is 0 Å². The van der Waals surface area contributed by atoms with Gasteiger partial charge in [-0.1, -0.05) is 6.07 Å². The van der Waals surface area contributed by atoms with Gasteiger partial charge in [-0.15, -0.1) is 0 Å². The first-order valence-corrected chi connectivity index (χ1v) is 5.56. The van der Waals surface area contributed by atoms with Crippen LogP contribution in [0.3, 0.4) is 0 Å². The van der Waals surface area contributed by atoms with E-state index in [1.165, 1.54) is 24.3 Å². The van der Waals surface area contributed by atoms with E-state index in [4.69, 9.17) is 0 Å². The summed E-state index contributed by atoms with van der Waals surface area (Å²) in [7, 11) is 0. The zero-order chi connectivity index (χ0) is 14.0. The molecule has 0 radical (unpaired) electrons. The number of hydrogen-bond donors (Lipinski definition) is 3. The third-order valence-electron chi connectivity index (χ3n) is 2.53. The molecule has 0 aliphatic rings. The molecule has 4 nitrogen and oxygen atoms in total. The van der Waals surface area contributed by atoms with Crippen molar-refractivity contribution in [1.82, 2.24) is 0 Å². The largest absolute Gasteiger partial charge is 0.508 e. The van der Waals surface area contributed by atoms with E-state index in [2.05, 4.69) is 5.32 Å². The second kappa shape index (κ2) is 4.97. The number of carbonyl (C=O) groups is 1. The van der Waals surface area contributed by atoms with Crippen LogP contribution in [0, 0.1) is 12.7 Å². The van der Waals surface area contributed by atoms with Crippen molar-refractivity contribution in [2.75, 3.05) is 5.32 Å². The highest BCUT2D eigenvalue weighted by molar-refractivity contribution is 6.04. The molecule has 5 heteroatoms. The fourth-order valence-electron chi connectivity index (χ4n) is 1.66. The van der Waals surface area contributed by atoms with Gasteiger partial charge in [0.15, 0.2) is 0 Å². The van der Waals surface area contributed by atoms with Crippen LogP contribution in [0.4, 0.5) is 10.1 Å². The van der Waals surface area contributed by atoms with Crippen LogP contribution >= 0.6 is 0 Å². The van der Waals surface area contributed by atoms with Crippen molar-refractivity contribution in [2.45, 2.75) is 6.92 Å². The predicted molar refractivity (Wildman–Crippen MR) is 68.9 cm³/mol. The van der Waals surface area contributed by atoms with Gasteiger partial charge in [0.2, 0.25) is 0 Å². The molecule has 0 fully saturated rings. The molecule has 98 valence electrons. The fraction of sp³-hybridized carbons (Fsp3) is 0.0714. The molecular weight excluding hydrogens is 249 g/mol. The molecule has 0 unspecified atom stereocenters. The van der Waals surface area contributed by atoms with E-state index in [0.717, 1.165) is 11.6 Å². The van der Waals surface area contributed by atoms with Crippen molar-refractivity contribution >= 4 is 11.6 Å². The van der Waals surface area contributed by atoms with Crippen molar-refractivity contribution in [2.24, 2.45) is 0 Å². The average molecular weight is 261 g/mol. The molecular formula is C14H12FNO3. The maximum Gasteiger partial charge on any atom is 0.256 e. The maximum absolute atomic E-state index is 13.5. The fourth-order valence-corrected chi connectivity index (χ4v) is 1.66. The lowest BCUT2D eigenvalue weighted by Gasteiger charge is -2.08. The number of nitrogens with one attached hydrogen (secondary N) is 1. The van der Waals surface area contributed by atoms with E-state index in [1.807, 2.05) is 0 Å². The molecule has 0 aliphatic heterocycles. The summed E-state index contributed by atoms with van der Waals surface area (Å²) in [5.41, 5.74) is 0.890. The number of benzene rings is 2. The summed E-state index contributed by atoms with van der Waals surface area (Å²) in [5.74, 6) is -1.65. The van der Waals surface area contributed by atoms with Crippen LogP contribution < -0.4 is 5.32 Å². The Hall–Kier alpha value is -2.56. The average Bonchev–Trinajstić information content (AvgIpc) is 2.32. The van der Waals surface area contributed by atoms with Crippen LogP contribution in [0.25, 0.3) is 0 Å². The number of phenolic OH excluding ortho intramolecular Hbond substituents is 2. The molecule has 2 aromatic rings. The first-order valence-electron chi connectivity index (χ1n) is 5.56. The number of aryl methyl sites for hydroxylation is 1. The summed E-state index contributed by atoms with van der Waals surface area (Å²) in [6.45, 7) is 1.77. The van der Waals surface area contributed by atoms with Gasteiger partial charge in [0.05, 0.1) is 5.69 Å². The summed E-state index contributed by atoms with van der Waals surface area (Å²) in [6, 6.07) is 7.81. The van der Waals surface area contributed by atoms with Crippen molar-refractivity contribution < 1.29 is 19.4 Å². The number of aromatic hydroxyl groups is 2. The number of halogens is 1. The van der Waals surface area contributed by atoms with Crippen molar-refractivity contribution in [3.05, 3.63) is 53.3 Å². The lowest BCUT2D eigenvalue weighted by molar-refractivity contribution is 0.102. The van der Waals surface area contributed by atoms with E-state index in [9.17, 15) is 19.4 Å². The first kappa shape index (κ1) is 12.9. The lowest BCUT2D eigenvalue weighted by Crippen LogP contribution is -2.13. The number of hydrogen-bond acceptors (Lipinski definition) is 3.